The maximum Gasteiger partial charge on any atom is 0.418 e. The summed E-state index contributed by atoms with van der Waals surface area (Å²) in [5.74, 6) is 0.891. The lowest BCUT2D eigenvalue weighted by Gasteiger charge is -2.34. The Hall–Kier alpha value is -1.39. The van der Waals surface area contributed by atoms with Gasteiger partial charge in [-0.25, -0.2) is 0 Å². The maximum absolute atomic E-state index is 13.1. The first-order valence-corrected chi connectivity index (χ1v) is 13.0. The zero-order chi connectivity index (χ0) is 22.3. The molecule has 0 aromatic heterocycles. The first kappa shape index (κ1) is 24.3. The van der Waals surface area contributed by atoms with Crippen molar-refractivity contribution in [3.63, 3.8) is 0 Å². The van der Waals surface area contributed by atoms with Crippen LogP contribution in [0.2, 0.25) is 0 Å². The van der Waals surface area contributed by atoms with E-state index in [0.29, 0.717) is 32.6 Å². The molecule has 2 aliphatic heterocycles. The van der Waals surface area contributed by atoms with Gasteiger partial charge >= 0.3 is 6.18 Å². The quantitative estimate of drug-likeness (QED) is 0.443. The van der Waals surface area contributed by atoms with Crippen molar-refractivity contribution in [3.05, 3.63) is 29.8 Å². The van der Waals surface area contributed by atoms with Gasteiger partial charge in [0.05, 0.1) is 17.8 Å². The number of hydrogen-bond donors (Lipinski definition) is 1. The van der Waals surface area contributed by atoms with Crippen LogP contribution in [0.5, 0.6) is 0 Å². The van der Waals surface area contributed by atoms with Gasteiger partial charge in [0.15, 0.2) is 0 Å². The number of piperazine rings is 1. The molecule has 172 valence electrons. The smallest absolute Gasteiger partial charge is 0.340 e. The number of hydrogen-bond acceptors (Lipinski definition) is 5. The number of para-hydroxylation sites is 1. The lowest BCUT2D eigenvalue weighted by atomic mass is 10.1. The third kappa shape index (κ3) is 7.61. The number of rotatable bonds is 8. The van der Waals surface area contributed by atoms with Crippen LogP contribution >= 0.6 is 21.6 Å². The number of nitrogens with zero attached hydrogens (tertiary/aromatic N) is 2. The molecule has 3 rings (SSSR count). The average Bonchev–Trinajstić information content (AvgIpc) is 3.25. The molecule has 0 radical (unpaired) electrons. The first-order valence-electron chi connectivity index (χ1n) is 10.6. The Balaban J connectivity index is 1.36. The zero-order valence-electron chi connectivity index (χ0n) is 17.3. The highest BCUT2D eigenvalue weighted by atomic mass is 33.1. The van der Waals surface area contributed by atoms with Crippen molar-refractivity contribution in [3.8, 4) is 0 Å². The number of benzene rings is 1. The molecule has 2 amide bonds. The Morgan fingerprint density at radius 2 is 1.84 bits per heavy atom. The fourth-order valence-electron chi connectivity index (χ4n) is 3.76. The van der Waals surface area contributed by atoms with Crippen LogP contribution in [0.15, 0.2) is 24.3 Å². The third-order valence-electron chi connectivity index (χ3n) is 5.49. The Morgan fingerprint density at radius 1 is 1.10 bits per heavy atom. The number of anilines is 1. The molecule has 0 saturated carbocycles. The molecule has 0 bridgehead atoms. The molecule has 5 nitrogen and oxygen atoms in total. The van der Waals surface area contributed by atoms with Crippen molar-refractivity contribution in [1.82, 2.24) is 9.80 Å². The molecule has 1 unspecified atom stereocenters. The highest BCUT2D eigenvalue weighted by Crippen LogP contribution is 2.40. The number of carbonyl (C=O) groups excluding carboxylic acids is 2. The molecule has 1 aromatic rings. The van der Waals surface area contributed by atoms with Crippen molar-refractivity contribution in [1.29, 1.82) is 0 Å². The topological polar surface area (TPSA) is 52.7 Å². The van der Waals surface area contributed by atoms with Crippen LogP contribution in [0.1, 0.15) is 37.7 Å². The summed E-state index contributed by atoms with van der Waals surface area (Å²) in [4.78, 5) is 28.4. The second-order valence-electron chi connectivity index (χ2n) is 7.82. The predicted octanol–water partition coefficient (Wildman–Crippen LogP) is 4.50. The maximum atomic E-state index is 13.1. The molecule has 1 N–H and O–H groups in total. The molecule has 0 spiro atoms. The lowest BCUT2D eigenvalue weighted by molar-refractivity contribution is -0.137. The van der Waals surface area contributed by atoms with Gasteiger partial charge in [0, 0.05) is 43.6 Å². The van der Waals surface area contributed by atoms with E-state index in [0.717, 1.165) is 24.2 Å². The van der Waals surface area contributed by atoms with Gasteiger partial charge in [-0.2, -0.15) is 13.2 Å². The van der Waals surface area contributed by atoms with Crippen molar-refractivity contribution in [2.45, 2.75) is 43.5 Å². The zero-order valence-corrected chi connectivity index (χ0v) is 19.0. The van der Waals surface area contributed by atoms with Gasteiger partial charge in [-0.05, 0) is 31.4 Å². The van der Waals surface area contributed by atoms with Crippen LogP contribution in [-0.4, -0.2) is 65.3 Å². The van der Waals surface area contributed by atoms with Crippen molar-refractivity contribution < 1.29 is 22.8 Å². The molecular formula is C21H28F3N3O2S2. The van der Waals surface area contributed by atoms with E-state index in [9.17, 15) is 22.8 Å². The number of alkyl halides is 3. The van der Waals surface area contributed by atoms with Crippen LogP contribution < -0.4 is 5.32 Å². The summed E-state index contributed by atoms with van der Waals surface area (Å²) in [5.41, 5.74) is -1.09. The Kier molecular flexibility index (Phi) is 8.97. The number of unbranched alkanes of at least 4 members (excludes halogenated alkanes) is 1. The second-order valence-corrected chi connectivity index (χ2v) is 10.6. The normalized spacial score (nSPS) is 20.1. The minimum atomic E-state index is -4.52. The van der Waals surface area contributed by atoms with E-state index in [2.05, 4.69) is 5.32 Å². The van der Waals surface area contributed by atoms with E-state index in [1.54, 1.807) is 0 Å². The number of halogens is 3. The minimum absolute atomic E-state index is 0.00525. The van der Waals surface area contributed by atoms with E-state index >= 15 is 0 Å². The van der Waals surface area contributed by atoms with Gasteiger partial charge < -0.3 is 10.2 Å². The highest BCUT2D eigenvalue weighted by molar-refractivity contribution is 8.77. The summed E-state index contributed by atoms with van der Waals surface area (Å²) in [6, 6.07) is 4.95. The van der Waals surface area contributed by atoms with E-state index in [-0.39, 0.29) is 18.1 Å². The predicted molar refractivity (Wildman–Crippen MR) is 120 cm³/mol. The van der Waals surface area contributed by atoms with E-state index in [1.165, 1.54) is 36.8 Å². The van der Waals surface area contributed by atoms with Crippen LogP contribution in [-0.2, 0) is 15.8 Å². The number of carbonyl (C=O) groups is 2. The number of amides is 2. The van der Waals surface area contributed by atoms with Crippen LogP contribution in [0.25, 0.3) is 0 Å². The molecule has 2 aliphatic rings. The fraction of sp³-hybridized carbons (Fsp3) is 0.619. The van der Waals surface area contributed by atoms with E-state index in [1.807, 2.05) is 31.4 Å². The first-order chi connectivity index (χ1) is 14.8. The van der Waals surface area contributed by atoms with Crippen molar-refractivity contribution in [2.24, 2.45) is 0 Å². The highest BCUT2D eigenvalue weighted by Gasteiger charge is 2.33. The Labute approximate surface area is 188 Å². The fourth-order valence-corrected chi connectivity index (χ4v) is 6.79. The van der Waals surface area contributed by atoms with E-state index < -0.39 is 17.6 Å². The van der Waals surface area contributed by atoms with Gasteiger partial charge in [-0.15, -0.1) is 0 Å². The van der Waals surface area contributed by atoms with Gasteiger partial charge in [-0.3, -0.25) is 14.5 Å². The summed E-state index contributed by atoms with van der Waals surface area (Å²) < 4.78 is 39.2. The monoisotopic (exact) mass is 475 g/mol. The summed E-state index contributed by atoms with van der Waals surface area (Å²) >= 11 is 0. The molecular weight excluding hydrogens is 447 g/mol. The molecule has 2 saturated heterocycles. The summed E-state index contributed by atoms with van der Waals surface area (Å²) in [6.07, 6.45) is 0.446. The Bertz CT molecular complexity index is 750. The number of nitrogens with one attached hydrogen (secondary N) is 1. The molecule has 0 aliphatic carbocycles. The summed E-state index contributed by atoms with van der Waals surface area (Å²) in [5, 5.41) is 3.11. The largest absolute Gasteiger partial charge is 0.418 e. The van der Waals surface area contributed by atoms with Crippen LogP contribution in [0.3, 0.4) is 0 Å². The van der Waals surface area contributed by atoms with Crippen LogP contribution in [0, 0.1) is 0 Å². The molecule has 2 fully saturated rings. The standard InChI is InChI=1S/C21H28F3N3O2S2/c22-21(23,24)17-6-2-3-7-18(17)25-19(28)15-26-10-12-27(13-11-26)20(29)8-4-1-5-16-9-14-30-31-16/h2-3,6-7,16H,1,4-5,8-15H2,(H,25,28). The van der Waals surface area contributed by atoms with Crippen molar-refractivity contribution >= 4 is 39.1 Å². The van der Waals surface area contributed by atoms with Crippen molar-refractivity contribution in [2.75, 3.05) is 43.8 Å². The lowest BCUT2D eigenvalue weighted by Crippen LogP contribution is -2.50. The Morgan fingerprint density at radius 3 is 2.52 bits per heavy atom. The summed E-state index contributed by atoms with van der Waals surface area (Å²) in [6.45, 7) is 2.16. The van der Waals surface area contributed by atoms with Gasteiger partial charge in [0.1, 0.15) is 0 Å². The molecule has 10 heteroatoms. The molecule has 31 heavy (non-hydrogen) atoms. The molecule has 1 aromatic carbocycles. The second kappa shape index (κ2) is 11.5. The minimum Gasteiger partial charge on any atom is -0.340 e. The third-order valence-corrected chi connectivity index (χ3v) is 8.50. The summed E-state index contributed by atoms with van der Waals surface area (Å²) in [7, 11) is 3.90. The van der Waals surface area contributed by atoms with Gasteiger partial charge in [-0.1, -0.05) is 40.1 Å². The van der Waals surface area contributed by atoms with Gasteiger partial charge in [0.2, 0.25) is 11.8 Å². The van der Waals surface area contributed by atoms with E-state index in [4.69, 9.17) is 0 Å². The molecule has 2 heterocycles. The van der Waals surface area contributed by atoms with Crippen LogP contribution in [0.4, 0.5) is 18.9 Å². The average molecular weight is 476 g/mol. The van der Waals surface area contributed by atoms with Gasteiger partial charge in [0.25, 0.3) is 0 Å². The molecule has 1 atom stereocenters. The SMILES string of the molecule is O=C(CN1CCN(C(=O)CCCCC2CCSS2)CC1)Nc1ccccc1C(F)(F)F.